The number of nitrogens with one attached hydrogen (secondary N) is 1. The second-order valence-electron chi connectivity index (χ2n) is 5.25. The van der Waals surface area contributed by atoms with Gasteiger partial charge in [-0.1, -0.05) is 26.7 Å². The predicted octanol–water partition coefficient (Wildman–Crippen LogP) is 4.18. The Balaban J connectivity index is 2.07. The van der Waals surface area contributed by atoms with Crippen LogP contribution >= 0.6 is 15.9 Å². The second kappa shape index (κ2) is 6.50. The molecule has 1 aromatic rings. The summed E-state index contributed by atoms with van der Waals surface area (Å²) in [5.41, 5.74) is 0. The first kappa shape index (κ1) is 13.8. The summed E-state index contributed by atoms with van der Waals surface area (Å²) in [4.78, 5) is 9.00. The number of hydrogen-bond acceptors (Lipinski definition) is 3. The number of aromatic nitrogens is 2. The summed E-state index contributed by atoms with van der Waals surface area (Å²) in [5.74, 6) is 2.64. The van der Waals surface area contributed by atoms with Crippen molar-refractivity contribution in [3.63, 3.8) is 0 Å². The molecule has 0 amide bonds. The van der Waals surface area contributed by atoms with E-state index in [4.69, 9.17) is 0 Å². The highest BCUT2D eigenvalue weighted by Crippen LogP contribution is 2.26. The van der Waals surface area contributed by atoms with Gasteiger partial charge in [0, 0.05) is 18.5 Å². The van der Waals surface area contributed by atoms with Gasteiger partial charge in [0.25, 0.3) is 0 Å². The molecule has 1 N–H and O–H groups in total. The first-order valence-corrected chi connectivity index (χ1v) is 7.78. The van der Waals surface area contributed by atoms with E-state index in [1.807, 2.05) is 6.07 Å². The van der Waals surface area contributed by atoms with Crippen molar-refractivity contribution in [3.8, 4) is 0 Å². The molecule has 18 heavy (non-hydrogen) atoms. The summed E-state index contributed by atoms with van der Waals surface area (Å²) in [6, 6.07) is 2.55. The van der Waals surface area contributed by atoms with E-state index >= 15 is 0 Å². The third-order valence-corrected chi connectivity index (χ3v) is 4.07. The van der Waals surface area contributed by atoms with Gasteiger partial charge >= 0.3 is 0 Å². The van der Waals surface area contributed by atoms with Gasteiger partial charge in [0.05, 0.1) is 0 Å². The van der Waals surface area contributed by atoms with Gasteiger partial charge < -0.3 is 5.32 Å². The van der Waals surface area contributed by atoms with Crippen molar-refractivity contribution in [2.45, 2.75) is 58.4 Å². The zero-order chi connectivity index (χ0) is 13.0. The van der Waals surface area contributed by atoms with Gasteiger partial charge in [-0.25, -0.2) is 9.97 Å². The highest BCUT2D eigenvalue weighted by molar-refractivity contribution is 9.10. The summed E-state index contributed by atoms with van der Waals surface area (Å²) in [6.07, 6.45) is 7.30. The summed E-state index contributed by atoms with van der Waals surface area (Å²) in [7, 11) is 0. The molecule has 1 aliphatic carbocycles. The van der Waals surface area contributed by atoms with Gasteiger partial charge in [-0.3, -0.25) is 0 Å². The lowest BCUT2D eigenvalue weighted by Gasteiger charge is -2.30. The van der Waals surface area contributed by atoms with Crippen LogP contribution in [0.2, 0.25) is 0 Å². The highest BCUT2D eigenvalue weighted by Gasteiger charge is 2.21. The maximum Gasteiger partial charge on any atom is 0.132 e. The Morgan fingerprint density at radius 3 is 2.83 bits per heavy atom. The maximum absolute atomic E-state index is 4.60. The lowest BCUT2D eigenvalue weighted by atomic mass is 9.86. The van der Waals surface area contributed by atoms with Crippen LogP contribution in [0.4, 0.5) is 5.82 Å². The number of rotatable bonds is 4. The first-order valence-electron chi connectivity index (χ1n) is 6.99. The Morgan fingerprint density at radius 2 is 2.11 bits per heavy atom. The van der Waals surface area contributed by atoms with Crippen molar-refractivity contribution >= 4 is 21.7 Å². The standard InChI is InChI=1S/C14H22BrN3/c1-3-6-13-17-12(15)9-14(18-13)16-11-8-5-4-7-10(11)2/h9-11H,3-8H2,1-2H3,(H,16,17,18). The van der Waals surface area contributed by atoms with Gasteiger partial charge in [-0.15, -0.1) is 0 Å². The van der Waals surface area contributed by atoms with Crippen molar-refractivity contribution in [1.29, 1.82) is 0 Å². The average Bonchev–Trinajstić information content (AvgIpc) is 2.32. The second-order valence-corrected chi connectivity index (χ2v) is 6.07. The van der Waals surface area contributed by atoms with Crippen LogP contribution in [0.15, 0.2) is 10.7 Å². The molecular formula is C14H22BrN3. The molecule has 0 aromatic carbocycles. The van der Waals surface area contributed by atoms with E-state index in [-0.39, 0.29) is 0 Å². The first-order chi connectivity index (χ1) is 8.69. The van der Waals surface area contributed by atoms with Crippen molar-refractivity contribution < 1.29 is 0 Å². The van der Waals surface area contributed by atoms with Crippen LogP contribution in [0.3, 0.4) is 0 Å². The predicted molar refractivity (Wildman–Crippen MR) is 78.8 cm³/mol. The van der Waals surface area contributed by atoms with Gasteiger partial charge in [0.15, 0.2) is 0 Å². The molecule has 2 rings (SSSR count). The lowest BCUT2D eigenvalue weighted by Crippen LogP contribution is -2.30. The van der Waals surface area contributed by atoms with Crippen LogP contribution in [-0.4, -0.2) is 16.0 Å². The van der Waals surface area contributed by atoms with Crippen molar-refractivity contribution in [1.82, 2.24) is 9.97 Å². The molecule has 0 radical (unpaired) electrons. The molecule has 1 aliphatic rings. The van der Waals surface area contributed by atoms with Crippen molar-refractivity contribution in [3.05, 3.63) is 16.5 Å². The zero-order valence-corrected chi connectivity index (χ0v) is 12.8. The van der Waals surface area contributed by atoms with Crippen LogP contribution < -0.4 is 5.32 Å². The summed E-state index contributed by atoms with van der Waals surface area (Å²) in [5, 5.41) is 3.59. The molecule has 0 bridgehead atoms. The summed E-state index contributed by atoms with van der Waals surface area (Å²) >= 11 is 3.47. The van der Waals surface area contributed by atoms with E-state index in [9.17, 15) is 0 Å². The minimum absolute atomic E-state index is 0.565. The molecule has 1 aromatic heterocycles. The van der Waals surface area contributed by atoms with Crippen LogP contribution in [0.1, 0.15) is 51.8 Å². The zero-order valence-electron chi connectivity index (χ0n) is 11.2. The molecule has 1 saturated carbocycles. The number of halogens is 1. The van der Waals surface area contributed by atoms with E-state index in [2.05, 4.69) is 45.1 Å². The van der Waals surface area contributed by atoms with Gasteiger partial charge in [0.2, 0.25) is 0 Å². The minimum Gasteiger partial charge on any atom is -0.367 e. The van der Waals surface area contributed by atoms with Crippen molar-refractivity contribution in [2.24, 2.45) is 5.92 Å². The molecule has 1 fully saturated rings. The average molecular weight is 312 g/mol. The van der Waals surface area contributed by atoms with E-state index in [1.165, 1.54) is 25.7 Å². The van der Waals surface area contributed by atoms with Crippen LogP contribution in [0.25, 0.3) is 0 Å². The number of anilines is 1. The van der Waals surface area contributed by atoms with E-state index in [1.54, 1.807) is 0 Å². The van der Waals surface area contributed by atoms with Gasteiger partial charge in [-0.05, 0) is 41.1 Å². The van der Waals surface area contributed by atoms with Crippen LogP contribution in [-0.2, 0) is 6.42 Å². The smallest absolute Gasteiger partial charge is 0.132 e. The van der Waals surface area contributed by atoms with E-state index in [0.29, 0.717) is 6.04 Å². The third kappa shape index (κ3) is 3.67. The molecule has 4 heteroatoms. The molecule has 3 nitrogen and oxygen atoms in total. The summed E-state index contributed by atoms with van der Waals surface area (Å²) < 4.78 is 0.881. The number of hydrogen-bond donors (Lipinski definition) is 1. The molecule has 2 unspecified atom stereocenters. The van der Waals surface area contributed by atoms with Crippen LogP contribution in [0, 0.1) is 5.92 Å². The quantitative estimate of drug-likeness (QED) is 0.848. The molecule has 0 aliphatic heterocycles. The highest BCUT2D eigenvalue weighted by atomic mass is 79.9. The molecule has 0 saturated heterocycles. The van der Waals surface area contributed by atoms with Crippen molar-refractivity contribution in [2.75, 3.05) is 5.32 Å². The van der Waals surface area contributed by atoms with Gasteiger partial charge in [-0.2, -0.15) is 0 Å². The van der Waals surface area contributed by atoms with Crippen LogP contribution in [0.5, 0.6) is 0 Å². The minimum atomic E-state index is 0.565. The molecule has 100 valence electrons. The topological polar surface area (TPSA) is 37.8 Å². The summed E-state index contributed by atoms with van der Waals surface area (Å²) in [6.45, 7) is 4.49. The Morgan fingerprint density at radius 1 is 1.33 bits per heavy atom. The molecule has 1 heterocycles. The Kier molecular flexibility index (Phi) is 4.98. The fraction of sp³-hybridized carbons (Fsp3) is 0.714. The third-order valence-electron chi connectivity index (χ3n) is 3.66. The lowest BCUT2D eigenvalue weighted by molar-refractivity contribution is 0.349. The Bertz CT molecular complexity index is 395. The largest absolute Gasteiger partial charge is 0.367 e. The molecule has 0 spiro atoms. The van der Waals surface area contributed by atoms with E-state index in [0.717, 1.165) is 35.0 Å². The fourth-order valence-electron chi connectivity index (χ4n) is 2.59. The van der Waals surface area contributed by atoms with Gasteiger partial charge in [0.1, 0.15) is 16.2 Å². The monoisotopic (exact) mass is 311 g/mol. The Labute approximate surface area is 118 Å². The molecule has 2 atom stereocenters. The number of aryl methyl sites for hydroxylation is 1. The maximum atomic E-state index is 4.60. The fourth-order valence-corrected chi connectivity index (χ4v) is 3.02. The SMILES string of the molecule is CCCc1nc(Br)cc(NC2CCCCC2C)n1. The molecular weight excluding hydrogens is 290 g/mol. The van der Waals surface area contributed by atoms with E-state index < -0.39 is 0 Å². The normalized spacial score (nSPS) is 23.9. The number of nitrogens with zero attached hydrogens (tertiary/aromatic N) is 2. The Hall–Kier alpha value is -0.640.